The Morgan fingerprint density at radius 3 is 2.96 bits per heavy atom. The smallest absolute Gasteiger partial charge is 0.322 e. The number of anilines is 2. The van der Waals surface area contributed by atoms with E-state index in [4.69, 9.17) is 9.47 Å². The summed E-state index contributed by atoms with van der Waals surface area (Å²) >= 11 is -1.34. The third-order valence-corrected chi connectivity index (χ3v) is 5.83. The van der Waals surface area contributed by atoms with Crippen LogP contribution in [-0.4, -0.2) is 46.5 Å². The van der Waals surface area contributed by atoms with Crippen molar-refractivity contribution in [2.75, 3.05) is 37.6 Å². The van der Waals surface area contributed by atoms with Gasteiger partial charge in [0.05, 0.1) is 35.9 Å². The first kappa shape index (κ1) is 18.9. The Labute approximate surface area is 166 Å². The van der Waals surface area contributed by atoms with E-state index in [0.717, 1.165) is 45.8 Å². The number of rotatable bonds is 8. The molecular formula is C19H23N5O3S. The van der Waals surface area contributed by atoms with E-state index in [2.05, 4.69) is 25.6 Å². The second kappa shape index (κ2) is 8.26. The first-order valence-electron chi connectivity index (χ1n) is 9.12. The molecule has 1 aliphatic rings. The van der Waals surface area contributed by atoms with E-state index in [1.165, 1.54) is 0 Å². The van der Waals surface area contributed by atoms with Gasteiger partial charge < -0.3 is 24.7 Å². The maximum atomic E-state index is 12.9. The molecule has 8 nitrogen and oxygen atoms in total. The molecule has 0 saturated carbocycles. The lowest BCUT2D eigenvalue weighted by Gasteiger charge is -2.13. The van der Waals surface area contributed by atoms with Crippen molar-refractivity contribution in [2.24, 2.45) is 0 Å². The lowest BCUT2D eigenvalue weighted by molar-refractivity contribution is 0.172. The summed E-state index contributed by atoms with van der Waals surface area (Å²) in [5.74, 6) is 1.03. The highest BCUT2D eigenvalue weighted by Gasteiger charge is 2.23. The zero-order valence-corrected chi connectivity index (χ0v) is 16.7. The Balaban J connectivity index is 1.51. The molecule has 3 aromatic rings. The Kier molecular flexibility index (Phi) is 5.56. The summed E-state index contributed by atoms with van der Waals surface area (Å²) in [7, 11) is 1.67. The van der Waals surface area contributed by atoms with Crippen molar-refractivity contribution >= 4 is 33.6 Å². The average molecular weight is 401 g/mol. The third kappa shape index (κ3) is 3.73. The monoisotopic (exact) mass is 401 g/mol. The lowest BCUT2D eigenvalue weighted by atomic mass is 10.2. The topological polar surface area (TPSA) is 107 Å². The highest BCUT2D eigenvalue weighted by Crippen LogP contribution is 2.34. The first-order valence-corrected chi connectivity index (χ1v) is 10.4. The summed E-state index contributed by atoms with van der Waals surface area (Å²) in [4.78, 5) is 12.1. The standard InChI is InChI=1S/C19H23N5O3S/c1-12-15(20-7-6-16(12)27-9-3-8-26-2)10-28(25)19-23-14-5-4-13-17(18(14)24-19)22-11-21-13/h4-7,21-22H,3,8-11H2,1-2H3,(H,23,24). The number of nitrogens with one attached hydrogen (secondary N) is 3. The van der Waals surface area contributed by atoms with Crippen LogP contribution in [0.4, 0.5) is 11.4 Å². The highest BCUT2D eigenvalue weighted by molar-refractivity contribution is 7.90. The van der Waals surface area contributed by atoms with Gasteiger partial charge in [-0.05, 0) is 25.1 Å². The number of pyridine rings is 1. The average Bonchev–Trinajstić information content (AvgIpc) is 3.34. The molecule has 3 N–H and O–H groups in total. The van der Waals surface area contributed by atoms with E-state index >= 15 is 0 Å². The Morgan fingerprint density at radius 2 is 2.11 bits per heavy atom. The van der Waals surface area contributed by atoms with Crippen LogP contribution in [0.5, 0.6) is 5.75 Å². The van der Waals surface area contributed by atoms with Crippen molar-refractivity contribution in [3.8, 4) is 5.75 Å². The van der Waals surface area contributed by atoms with Gasteiger partial charge in [-0.3, -0.25) is 9.97 Å². The summed E-state index contributed by atoms with van der Waals surface area (Å²) in [6.45, 7) is 3.82. The Bertz CT molecular complexity index is 978. The summed E-state index contributed by atoms with van der Waals surface area (Å²) < 4.78 is 23.8. The van der Waals surface area contributed by atoms with E-state index in [1.807, 2.05) is 25.1 Å². The fourth-order valence-corrected chi connectivity index (χ4v) is 4.25. The van der Waals surface area contributed by atoms with Gasteiger partial charge in [0.15, 0.2) is 5.75 Å². The van der Waals surface area contributed by atoms with Gasteiger partial charge in [0.1, 0.15) is 11.3 Å². The number of imidazole rings is 1. The fraction of sp³-hybridized carbons (Fsp3) is 0.368. The largest absolute Gasteiger partial charge is 0.609 e. The molecule has 4 rings (SSSR count). The quantitative estimate of drug-likeness (QED) is 0.393. The third-order valence-electron chi connectivity index (χ3n) is 4.67. The van der Waals surface area contributed by atoms with Gasteiger partial charge in [-0.2, -0.15) is 4.98 Å². The molecule has 0 saturated heterocycles. The van der Waals surface area contributed by atoms with Crippen molar-refractivity contribution in [2.45, 2.75) is 24.3 Å². The summed E-state index contributed by atoms with van der Waals surface area (Å²) in [5, 5.41) is 6.94. The van der Waals surface area contributed by atoms with Crippen molar-refractivity contribution in [3.63, 3.8) is 0 Å². The number of hydrogen-bond acceptors (Lipinski definition) is 7. The molecular weight excluding hydrogens is 378 g/mol. The number of aromatic nitrogens is 3. The number of nitrogens with zero attached hydrogens (tertiary/aromatic N) is 2. The zero-order valence-electron chi connectivity index (χ0n) is 15.9. The maximum Gasteiger partial charge on any atom is 0.322 e. The molecule has 0 aliphatic carbocycles. The molecule has 148 valence electrons. The van der Waals surface area contributed by atoms with Gasteiger partial charge in [0, 0.05) is 43.1 Å². The minimum absolute atomic E-state index is 0.273. The molecule has 28 heavy (non-hydrogen) atoms. The molecule has 1 aliphatic heterocycles. The number of aromatic amines is 1. The number of ether oxygens (including phenoxy) is 2. The van der Waals surface area contributed by atoms with Crippen molar-refractivity contribution in [1.29, 1.82) is 0 Å². The molecule has 0 amide bonds. The van der Waals surface area contributed by atoms with E-state index in [-0.39, 0.29) is 5.75 Å². The predicted molar refractivity (Wildman–Crippen MR) is 109 cm³/mol. The molecule has 0 radical (unpaired) electrons. The number of H-pyrrole nitrogens is 1. The SMILES string of the molecule is COCCCOc1ccnc(C[S+]([O-])c2nc3c4c(ccc3[nH]2)NCN4)c1C. The van der Waals surface area contributed by atoms with Crippen molar-refractivity contribution in [3.05, 3.63) is 35.7 Å². The molecule has 0 bridgehead atoms. The Morgan fingerprint density at radius 1 is 1.21 bits per heavy atom. The molecule has 0 fully saturated rings. The second-order valence-electron chi connectivity index (χ2n) is 6.52. The van der Waals surface area contributed by atoms with Crippen LogP contribution in [0.2, 0.25) is 0 Å². The molecule has 3 heterocycles. The number of hydrogen-bond donors (Lipinski definition) is 3. The van der Waals surface area contributed by atoms with E-state index in [9.17, 15) is 4.55 Å². The molecule has 9 heteroatoms. The lowest BCUT2D eigenvalue weighted by Crippen LogP contribution is -2.11. The normalized spacial score (nSPS) is 13.8. The van der Waals surface area contributed by atoms with Crippen LogP contribution in [0.25, 0.3) is 11.0 Å². The zero-order chi connectivity index (χ0) is 19.5. The maximum absolute atomic E-state index is 12.9. The van der Waals surface area contributed by atoms with E-state index < -0.39 is 11.2 Å². The minimum atomic E-state index is -1.34. The highest BCUT2D eigenvalue weighted by atomic mass is 32.2. The van der Waals surface area contributed by atoms with Gasteiger partial charge in [-0.1, -0.05) is 0 Å². The first-order chi connectivity index (χ1) is 13.7. The molecule has 1 unspecified atom stereocenters. The van der Waals surface area contributed by atoms with Crippen molar-refractivity contribution < 1.29 is 14.0 Å². The van der Waals surface area contributed by atoms with Gasteiger partial charge in [-0.15, -0.1) is 0 Å². The predicted octanol–water partition coefficient (Wildman–Crippen LogP) is 2.78. The number of methoxy groups -OCH3 is 1. The van der Waals surface area contributed by atoms with Crippen molar-refractivity contribution in [1.82, 2.24) is 15.0 Å². The molecule has 0 spiro atoms. The van der Waals surface area contributed by atoms with Gasteiger partial charge >= 0.3 is 5.16 Å². The fourth-order valence-electron chi connectivity index (χ4n) is 3.15. The Hall–Kier alpha value is -2.49. The molecule has 1 aromatic carbocycles. The minimum Gasteiger partial charge on any atom is -0.609 e. The van der Waals surface area contributed by atoms with Crippen LogP contribution in [0.1, 0.15) is 17.7 Å². The van der Waals surface area contributed by atoms with Crippen LogP contribution in [0.3, 0.4) is 0 Å². The summed E-state index contributed by atoms with van der Waals surface area (Å²) in [5.41, 5.74) is 5.25. The van der Waals surface area contributed by atoms with Crippen LogP contribution in [0, 0.1) is 6.92 Å². The van der Waals surface area contributed by atoms with Crippen LogP contribution in [0.15, 0.2) is 29.6 Å². The summed E-state index contributed by atoms with van der Waals surface area (Å²) in [6.07, 6.45) is 2.50. The van der Waals surface area contributed by atoms with Crippen LogP contribution in [-0.2, 0) is 21.7 Å². The number of fused-ring (bicyclic) bond motifs is 3. The van der Waals surface area contributed by atoms with E-state index in [0.29, 0.717) is 25.0 Å². The van der Waals surface area contributed by atoms with E-state index in [1.54, 1.807) is 13.3 Å². The number of benzene rings is 1. The van der Waals surface area contributed by atoms with Gasteiger partial charge in [0.25, 0.3) is 0 Å². The second-order valence-corrected chi connectivity index (χ2v) is 7.89. The molecule has 1 atom stereocenters. The van der Waals surface area contributed by atoms with Crippen LogP contribution < -0.4 is 15.4 Å². The molecule has 2 aromatic heterocycles. The van der Waals surface area contributed by atoms with Crippen LogP contribution >= 0.6 is 0 Å². The summed E-state index contributed by atoms with van der Waals surface area (Å²) in [6, 6.07) is 5.76. The van der Waals surface area contributed by atoms with Gasteiger partial charge in [0.2, 0.25) is 0 Å². The van der Waals surface area contributed by atoms with Gasteiger partial charge in [-0.25, -0.2) is 0 Å².